The second kappa shape index (κ2) is 12.1. The van der Waals surface area contributed by atoms with E-state index in [4.69, 9.17) is 21.1 Å². The van der Waals surface area contributed by atoms with Gasteiger partial charge in [0.05, 0.1) is 30.0 Å². The summed E-state index contributed by atoms with van der Waals surface area (Å²) in [6.07, 6.45) is 4.14. The number of carbonyl (C=O) groups is 1. The van der Waals surface area contributed by atoms with Crippen LogP contribution in [-0.2, 0) is 19.4 Å². The maximum Gasteiger partial charge on any atom is 0.305 e. The third-order valence-electron chi connectivity index (χ3n) is 5.29. The highest BCUT2D eigenvalue weighted by atomic mass is 35.5. The van der Waals surface area contributed by atoms with Crippen molar-refractivity contribution in [1.29, 1.82) is 0 Å². The van der Waals surface area contributed by atoms with Crippen molar-refractivity contribution in [2.45, 2.75) is 43.9 Å². The minimum absolute atomic E-state index is 0.0361. The topological polar surface area (TPSA) is 107 Å². The minimum Gasteiger partial charge on any atom is -0.495 e. The largest absolute Gasteiger partial charge is 0.495 e. The fraction of sp³-hybridized carbons (Fsp3) is 0.375. The van der Waals surface area contributed by atoms with Crippen molar-refractivity contribution < 1.29 is 27.1 Å². The molecule has 1 N–H and O–H groups in total. The van der Waals surface area contributed by atoms with Gasteiger partial charge in [-0.2, -0.15) is 0 Å². The number of halogens is 2. The van der Waals surface area contributed by atoms with Gasteiger partial charge in [0.2, 0.25) is 0 Å². The van der Waals surface area contributed by atoms with Crippen LogP contribution >= 0.6 is 11.6 Å². The molecule has 188 valence electrons. The highest BCUT2D eigenvalue weighted by molar-refractivity contribution is 7.91. The number of carbonyl (C=O) groups excluding carboxylic acids is 1. The molecule has 0 aliphatic heterocycles. The molecular weight excluding hydrogens is 497 g/mol. The molecule has 0 spiro atoms. The summed E-state index contributed by atoms with van der Waals surface area (Å²) in [6.45, 7) is 2.11. The van der Waals surface area contributed by atoms with Crippen LogP contribution in [0.1, 0.15) is 39.0 Å². The second-order valence-electron chi connectivity index (χ2n) is 7.78. The van der Waals surface area contributed by atoms with Gasteiger partial charge < -0.3 is 14.8 Å². The number of sulfone groups is 1. The lowest BCUT2D eigenvalue weighted by molar-refractivity contribution is -0.143. The fourth-order valence-corrected chi connectivity index (χ4v) is 5.27. The van der Waals surface area contributed by atoms with Gasteiger partial charge in [0.15, 0.2) is 9.84 Å². The van der Waals surface area contributed by atoms with Crippen molar-refractivity contribution in [1.82, 2.24) is 9.97 Å². The Morgan fingerprint density at radius 2 is 1.89 bits per heavy atom. The summed E-state index contributed by atoms with van der Waals surface area (Å²) in [6, 6.07) is 7.16. The Bertz CT molecular complexity index is 1300. The number of nitrogens with zero attached hydrogens (tertiary/aromatic N) is 2. The molecule has 3 rings (SSSR count). The maximum absolute atomic E-state index is 13.5. The van der Waals surface area contributed by atoms with E-state index in [-0.39, 0.29) is 27.4 Å². The van der Waals surface area contributed by atoms with Crippen molar-refractivity contribution in [3.8, 4) is 5.75 Å². The number of aromatic nitrogens is 2. The zero-order valence-corrected chi connectivity index (χ0v) is 21.1. The number of hydrogen-bond donors (Lipinski definition) is 1. The lowest BCUT2D eigenvalue weighted by atomic mass is 10.1. The van der Waals surface area contributed by atoms with E-state index < -0.39 is 15.7 Å². The van der Waals surface area contributed by atoms with Crippen molar-refractivity contribution in [3.63, 3.8) is 0 Å². The van der Waals surface area contributed by atoms with E-state index in [1.54, 1.807) is 13.0 Å². The number of esters is 1. The summed E-state index contributed by atoms with van der Waals surface area (Å²) in [5.41, 5.74) is 0.963. The van der Waals surface area contributed by atoms with E-state index in [1.165, 1.54) is 37.7 Å². The number of ether oxygens (including phenoxy) is 2. The van der Waals surface area contributed by atoms with E-state index in [0.29, 0.717) is 54.7 Å². The summed E-state index contributed by atoms with van der Waals surface area (Å²) in [5.74, 6) is -0.331. The molecule has 0 radical (unpaired) electrons. The number of rotatable bonds is 12. The zero-order valence-electron chi connectivity index (χ0n) is 19.5. The average Bonchev–Trinajstić information content (AvgIpc) is 2.83. The Balaban J connectivity index is 1.78. The fourth-order valence-electron chi connectivity index (χ4n) is 3.53. The number of hydrogen-bond acceptors (Lipinski definition) is 8. The third kappa shape index (κ3) is 7.02. The van der Waals surface area contributed by atoms with Crippen molar-refractivity contribution in [3.05, 3.63) is 47.5 Å². The third-order valence-corrected chi connectivity index (χ3v) is 7.39. The SMILES string of the molecule is CCOC(=O)CCCCCCS(=O)(=O)c1cc2c(Nc3ccc(F)c(Cl)c3)ncnc2cc1OC. The Labute approximate surface area is 208 Å². The van der Waals surface area contributed by atoms with Crippen LogP contribution in [0.5, 0.6) is 5.75 Å². The lowest BCUT2D eigenvalue weighted by Crippen LogP contribution is -2.09. The predicted octanol–water partition coefficient (Wildman–Crippen LogP) is 5.46. The van der Waals surface area contributed by atoms with E-state index in [0.717, 1.165) is 6.42 Å². The van der Waals surface area contributed by atoms with E-state index in [1.807, 2.05) is 0 Å². The summed E-state index contributed by atoms with van der Waals surface area (Å²) < 4.78 is 50.1. The normalized spacial score (nSPS) is 11.4. The highest BCUT2D eigenvalue weighted by Crippen LogP contribution is 2.33. The molecule has 0 aliphatic rings. The van der Waals surface area contributed by atoms with Crippen LogP contribution in [0.25, 0.3) is 10.9 Å². The predicted molar refractivity (Wildman–Crippen MR) is 133 cm³/mol. The Kier molecular flexibility index (Phi) is 9.22. The van der Waals surface area contributed by atoms with E-state index >= 15 is 0 Å². The zero-order chi connectivity index (χ0) is 25.4. The lowest BCUT2D eigenvalue weighted by Gasteiger charge is -2.13. The molecule has 2 aromatic carbocycles. The number of nitrogens with one attached hydrogen (secondary N) is 1. The van der Waals surface area contributed by atoms with Crippen LogP contribution in [0.2, 0.25) is 5.02 Å². The van der Waals surface area contributed by atoms with Crippen LogP contribution in [-0.4, -0.2) is 43.8 Å². The smallest absolute Gasteiger partial charge is 0.305 e. The van der Waals surface area contributed by atoms with Crippen LogP contribution in [0.3, 0.4) is 0 Å². The van der Waals surface area contributed by atoms with Crippen LogP contribution in [0, 0.1) is 5.82 Å². The van der Waals surface area contributed by atoms with Gasteiger partial charge >= 0.3 is 5.97 Å². The summed E-state index contributed by atoms with van der Waals surface area (Å²) in [5, 5.41) is 3.44. The molecule has 0 saturated heterocycles. The molecule has 0 amide bonds. The van der Waals surface area contributed by atoms with Crippen LogP contribution in [0.4, 0.5) is 15.9 Å². The standard InChI is InChI=1S/C24H27ClFN3O5S/c1-3-34-23(30)8-6-4-5-7-11-35(31,32)22-13-17-20(14-21(22)33-2)27-15-28-24(17)29-16-9-10-19(26)18(25)12-16/h9-10,12-15H,3-8,11H2,1-2H3,(H,27,28,29). The highest BCUT2D eigenvalue weighted by Gasteiger charge is 2.22. The van der Waals surface area contributed by atoms with Gasteiger partial charge in [-0.1, -0.05) is 24.4 Å². The molecule has 0 saturated carbocycles. The molecule has 35 heavy (non-hydrogen) atoms. The average molecular weight is 524 g/mol. The van der Waals surface area contributed by atoms with E-state index in [9.17, 15) is 17.6 Å². The van der Waals surface area contributed by atoms with Crippen molar-refractivity contribution >= 4 is 49.8 Å². The minimum atomic E-state index is -3.68. The quantitative estimate of drug-likeness (QED) is 0.246. The number of fused-ring (bicyclic) bond motifs is 1. The first-order valence-corrected chi connectivity index (χ1v) is 13.2. The van der Waals surface area contributed by atoms with Gasteiger partial charge in [-0.25, -0.2) is 22.8 Å². The first-order chi connectivity index (χ1) is 16.7. The molecule has 0 unspecified atom stereocenters. The molecular formula is C24H27ClFN3O5S. The van der Waals surface area contributed by atoms with Gasteiger partial charge in [-0.3, -0.25) is 4.79 Å². The van der Waals surface area contributed by atoms with Gasteiger partial charge in [-0.15, -0.1) is 0 Å². The Hall–Kier alpha value is -2.98. The van der Waals surface area contributed by atoms with Gasteiger partial charge in [-0.05, 0) is 44.0 Å². The number of methoxy groups -OCH3 is 1. The molecule has 1 heterocycles. The monoisotopic (exact) mass is 523 g/mol. The molecule has 0 atom stereocenters. The van der Waals surface area contributed by atoms with Crippen molar-refractivity contribution in [2.24, 2.45) is 0 Å². The molecule has 1 aromatic heterocycles. The molecule has 0 aliphatic carbocycles. The van der Waals surface area contributed by atoms with Gasteiger partial charge in [0, 0.05) is 23.6 Å². The Morgan fingerprint density at radius 1 is 1.11 bits per heavy atom. The molecule has 0 bridgehead atoms. The number of unbranched alkanes of at least 4 members (excludes halogenated alkanes) is 3. The summed E-state index contributed by atoms with van der Waals surface area (Å²) in [4.78, 5) is 19.9. The summed E-state index contributed by atoms with van der Waals surface area (Å²) >= 11 is 5.87. The maximum atomic E-state index is 13.5. The molecule has 0 fully saturated rings. The Morgan fingerprint density at radius 3 is 2.60 bits per heavy atom. The van der Waals surface area contributed by atoms with Crippen LogP contribution < -0.4 is 10.1 Å². The molecule has 3 aromatic rings. The first kappa shape index (κ1) is 26.6. The number of benzene rings is 2. The van der Waals surface area contributed by atoms with Gasteiger partial charge in [0.1, 0.15) is 28.6 Å². The first-order valence-electron chi connectivity index (χ1n) is 11.2. The number of anilines is 2. The van der Waals surface area contributed by atoms with Gasteiger partial charge in [0.25, 0.3) is 0 Å². The van der Waals surface area contributed by atoms with E-state index in [2.05, 4.69) is 15.3 Å². The molecule has 8 nitrogen and oxygen atoms in total. The molecule has 11 heteroatoms. The second-order valence-corrected chi connectivity index (χ2v) is 10.3. The van der Waals surface area contributed by atoms with Crippen molar-refractivity contribution in [2.75, 3.05) is 24.8 Å². The summed E-state index contributed by atoms with van der Waals surface area (Å²) in [7, 11) is -2.28. The van der Waals surface area contributed by atoms with Crippen LogP contribution in [0.15, 0.2) is 41.6 Å².